The van der Waals surface area contributed by atoms with Gasteiger partial charge >= 0.3 is 0 Å². The third-order valence-electron chi connectivity index (χ3n) is 3.79. The van der Waals surface area contributed by atoms with E-state index in [0.29, 0.717) is 5.92 Å². The fraction of sp³-hybridized carbons (Fsp3) is 0.833. The Labute approximate surface area is 102 Å². The Morgan fingerprint density at radius 2 is 1.94 bits per heavy atom. The quantitative estimate of drug-likeness (QED) is 0.708. The van der Waals surface area contributed by atoms with E-state index >= 15 is 0 Å². The minimum absolute atomic E-state index is 0.0761. The Hall–Kier alpha value is -1.10. The molecule has 0 aromatic carbocycles. The lowest BCUT2D eigenvalue weighted by atomic mass is 10.0. The normalized spacial score (nSPS) is 28.8. The van der Waals surface area contributed by atoms with Crippen molar-refractivity contribution in [1.29, 1.82) is 0 Å². The maximum absolute atomic E-state index is 12.2. The summed E-state index contributed by atoms with van der Waals surface area (Å²) in [6.45, 7) is 3.97. The van der Waals surface area contributed by atoms with Gasteiger partial charge in [0.15, 0.2) is 0 Å². The van der Waals surface area contributed by atoms with Gasteiger partial charge in [0.2, 0.25) is 11.8 Å². The highest BCUT2D eigenvalue weighted by Gasteiger charge is 2.43. The second-order valence-corrected chi connectivity index (χ2v) is 5.23. The molecule has 1 aliphatic carbocycles. The first-order valence-electron chi connectivity index (χ1n) is 6.39. The van der Waals surface area contributed by atoms with E-state index in [1.165, 1.54) is 0 Å². The predicted octanol–water partition coefficient (Wildman–Crippen LogP) is -0.292. The van der Waals surface area contributed by atoms with Gasteiger partial charge in [0, 0.05) is 12.0 Å². The van der Waals surface area contributed by atoms with E-state index < -0.39 is 5.91 Å². The van der Waals surface area contributed by atoms with Gasteiger partial charge in [0.1, 0.15) is 0 Å². The first-order valence-corrected chi connectivity index (χ1v) is 6.39. The molecule has 1 heterocycles. The predicted molar refractivity (Wildman–Crippen MR) is 64.1 cm³/mol. The van der Waals surface area contributed by atoms with Crippen LogP contribution in [0.25, 0.3) is 0 Å². The first kappa shape index (κ1) is 12.4. The zero-order valence-electron chi connectivity index (χ0n) is 10.3. The summed E-state index contributed by atoms with van der Waals surface area (Å²) in [5, 5.41) is 3.26. The number of carbonyl (C=O) groups excluding carboxylic acids is 2. The molecule has 1 saturated carbocycles. The number of nitrogens with one attached hydrogen (secondary N) is 1. The Morgan fingerprint density at radius 1 is 1.35 bits per heavy atom. The minimum atomic E-state index is -0.412. The maximum atomic E-state index is 12.2. The van der Waals surface area contributed by atoms with Crippen LogP contribution in [0.1, 0.15) is 26.2 Å². The largest absolute Gasteiger partial charge is 0.368 e. The van der Waals surface area contributed by atoms with Crippen LogP contribution in [0, 0.1) is 11.8 Å². The van der Waals surface area contributed by atoms with Gasteiger partial charge in [0.25, 0.3) is 0 Å². The van der Waals surface area contributed by atoms with Gasteiger partial charge in [-0.05, 0) is 38.3 Å². The zero-order valence-corrected chi connectivity index (χ0v) is 10.3. The van der Waals surface area contributed by atoms with Crippen LogP contribution in [0.4, 0.5) is 0 Å². The second kappa shape index (κ2) is 5.04. The van der Waals surface area contributed by atoms with Crippen LogP contribution in [0.2, 0.25) is 0 Å². The molecule has 2 atom stereocenters. The standard InChI is InChI=1S/C12H21N3O2/c1-8-6-10(8)12(17)15(7-11(13)16)9-2-4-14-5-3-9/h8-10,14H,2-7H2,1H3,(H2,13,16). The third kappa shape index (κ3) is 2.97. The molecule has 0 spiro atoms. The lowest BCUT2D eigenvalue weighted by molar-refractivity contribution is -0.139. The van der Waals surface area contributed by atoms with E-state index in [1.807, 2.05) is 0 Å². The number of piperidine rings is 1. The average molecular weight is 239 g/mol. The fourth-order valence-electron chi connectivity index (χ4n) is 2.55. The van der Waals surface area contributed by atoms with Crippen molar-refractivity contribution in [2.45, 2.75) is 32.2 Å². The van der Waals surface area contributed by atoms with Gasteiger partial charge in [-0.15, -0.1) is 0 Å². The summed E-state index contributed by atoms with van der Waals surface area (Å²) in [6, 6.07) is 0.184. The molecule has 2 amide bonds. The number of nitrogens with zero attached hydrogens (tertiary/aromatic N) is 1. The number of carbonyl (C=O) groups is 2. The van der Waals surface area contributed by atoms with Crippen LogP contribution >= 0.6 is 0 Å². The molecule has 3 N–H and O–H groups in total. The highest BCUT2D eigenvalue weighted by Crippen LogP contribution is 2.39. The van der Waals surface area contributed by atoms with Crippen molar-refractivity contribution in [2.75, 3.05) is 19.6 Å². The number of primary amides is 1. The molecule has 17 heavy (non-hydrogen) atoms. The van der Waals surface area contributed by atoms with E-state index in [1.54, 1.807) is 4.90 Å². The molecule has 5 heteroatoms. The summed E-state index contributed by atoms with van der Waals surface area (Å²) in [5.41, 5.74) is 5.24. The van der Waals surface area contributed by atoms with Crippen molar-refractivity contribution in [3.8, 4) is 0 Å². The molecule has 0 radical (unpaired) electrons. The van der Waals surface area contributed by atoms with E-state index in [0.717, 1.165) is 32.4 Å². The van der Waals surface area contributed by atoms with Crippen LogP contribution in [0.3, 0.4) is 0 Å². The highest BCUT2D eigenvalue weighted by atomic mass is 16.2. The molecule has 2 aliphatic rings. The number of amides is 2. The van der Waals surface area contributed by atoms with E-state index in [9.17, 15) is 9.59 Å². The third-order valence-corrected chi connectivity index (χ3v) is 3.79. The van der Waals surface area contributed by atoms with Crippen LogP contribution in [-0.2, 0) is 9.59 Å². The SMILES string of the molecule is CC1CC1C(=O)N(CC(N)=O)C1CCNCC1. The summed E-state index contributed by atoms with van der Waals surface area (Å²) >= 11 is 0. The second-order valence-electron chi connectivity index (χ2n) is 5.23. The Morgan fingerprint density at radius 3 is 2.41 bits per heavy atom. The van der Waals surface area contributed by atoms with E-state index in [4.69, 9.17) is 5.73 Å². The molecule has 1 aliphatic heterocycles. The minimum Gasteiger partial charge on any atom is -0.368 e. The van der Waals surface area contributed by atoms with Crippen molar-refractivity contribution < 1.29 is 9.59 Å². The number of nitrogens with two attached hydrogens (primary N) is 1. The average Bonchev–Trinajstić information content (AvgIpc) is 3.03. The molecule has 0 aromatic rings. The Bertz CT molecular complexity index is 313. The molecule has 96 valence electrons. The zero-order chi connectivity index (χ0) is 12.4. The molecular formula is C12H21N3O2. The lowest BCUT2D eigenvalue weighted by Crippen LogP contribution is -2.50. The summed E-state index contributed by atoms with van der Waals surface area (Å²) in [6.07, 6.45) is 2.79. The van der Waals surface area contributed by atoms with Crippen LogP contribution < -0.4 is 11.1 Å². The van der Waals surface area contributed by atoms with Crippen molar-refractivity contribution in [3.63, 3.8) is 0 Å². The van der Waals surface area contributed by atoms with Gasteiger partial charge in [-0.1, -0.05) is 6.92 Å². The van der Waals surface area contributed by atoms with Gasteiger partial charge in [0.05, 0.1) is 6.54 Å². The molecule has 5 nitrogen and oxygen atoms in total. The van der Waals surface area contributed by atoms with Crippen molar-refractivity contribution in [1.82, 2.24) is 10.2 Å². The topological polar surface area (TPSA) is 75.4 Å². The van der Waals surface area contributed by atoms with Crippen molar-refractivity contribution in [3.05, 3.63) is 0 Å². The van der Waals surface area contributed by atoms with Crippen LogP contribution in [0.15, 0.2) is 0 Å². The Balaban J connectivity index is 2.01. The molecule has 2 rings (SSSR count). The van der Waals surface area contributed by atoms with Gasteiger partial charge in [-0.3, -0.25) is 9.59 Å². The summed E-state index contributed by atoms with van der Waals surface area (Å²) in [7, 11) is 0. The maximum Gasteiger partial charge on any atom is 0.237 e. The fourth-order valence-corrected chi connectivity index (χ4v) is 2.55. The van der Waals surface area contributed by atoms with E-state index in [-0.39, 0.29) is 24.4 Å². The van der Waals surface area contributed by atoms with Gasteiger partial charge in [-0.2, -0.15) is 0 Å². The monoisotopic (exact) mass is 239 g/mol. The summed E-state index contributed by atoms with van der Waals surface area (Å²) in [4.78, 5) is 25.1. The molecule has 2 fully saturated rings. The van der Waals surface area contributed by atoms with Crippen molar-refractivity contribution in [2.24, 2.45) is 17.6 Å². The molecule has 0 bridgehead atoms. The lowest BCUT2D eigenvalue weighted by Gasteiger charge is -2.34. The number of rotatable bonds is 4. The number of hydrogen-bond donors (Lipinski definition) is 2. The van der Waals surface area contributed by atoms with E-state index in [2.05, 4.69) is 12.2 Å². The smallest absolute Gasteiger partial charge is 0.237 e. The van der Waals surface area contributed by atoms with Gasteiger partial charge in [-0.25, -0.2) is 0 Å². The van der Waals surface area contributed by atoms with Crippen LogP contribution in [-0.4, -0.2) is 42.4 Å². The van der Waals surface area contributed by atoms with Crippen molar-refractivity contribution >= 4 is 11.8 Å². The Kier molecular flexibility index (Phi) is 3.66. The summed E-state index contributed by atoms with van der Waals surface area (Å²) < 4.78 is 0. The van der Waals surface area contributed by atoms with Gasteiger partial charge < -0.3 is 16.0 Å². The first-order chi connectivity index (χ1) is 8.09. The molecule has 2 unspecified atom stereocenters. The molecule has 1 saturated heterocycles. The highest BCUT2D eigenvalue weighted by molar-refractivity contribution is 5.87. The summed E-state index contributed by atoms with van der Waals surface area (Å²) in [5.74, 6) is 0.317. The molecular weight excluding hydrogens is 218 g/mol. The number of hydrogen-bond acceptors (Lipinski definition) is 3. The molecule has 0 aromatic heterocycles. The van der Waals surface area contributed by atoms with Crippen LogP contribution in [0.5, 0.6) is 0 Å².